The van der Waals surface area contributed by atoms with E-state index < -0.39 is 38.3 Å². The molecule has 0 spiro atoms. The van der Waals surface area contributed by atoms with Crippen LogP contribution in [-0.2, 0) is 30.6 Å². The number of nitriles is 1. The van der Waals surface area contributed by atoms with Crippen molar-refractivity contribution in [2.24, 2.45) is 0 Å². The molecule has 3 N–H and O–H groups in total. The zero-order valence-corrected chi connectivity index (χ0v) is 18.0. The molecule has 0 bridgehead atoms. The van der Waals surface area contributed by atoms with Gasteiger partial charge in [0.2, 0.25) is 5.60 Å². The van der Waals surface area contributed by atoms with Gasteiger partial charge in [0.25, 0.3) is 0 Å². The molecule has 32 heavy (non-hydrogen) atoms. The lowest BCUT2D eigenvalue weighted by Crippen LogP contribution is -2.48. The van der Waals surface area contributed by atoms with Crippen LogP contribution in [0.25, 0.3) is 5.52 Å². The van der Waals surface area contributed by atoms with Crippen LogP contribution in [0, 0.1) is 11.3 Å². The number of alkyl halides is 1. The molecule has 1 saturated heterocycles. The van der Waals surface area contributed by atoms with Gasteiger partial charge in [0.05, 0.1) is 18.9 Å². The highest BCUT2D eigenvalue weighted by Gasteiger charge is 2.67. The number of aromatic nitrogens is 3. The maximum absolute atomic E-state index is 15.8. The molecule has 12 heteroatoms. The highest BCUT2D eigenvalue weighted by molar-refractivity contribution is 7.33. The molecule has 168 valence electrons. The Kier molecular flexibility index (Phi) is 5.99. The predicted octanol–water partition coefficient (Wildman–Crippen LogP) is 2.14. The smallest absolute Gasteiger partial charge is 0.319 e. The lowest BCUT2D eigenvalue weighted by Gasteiger charge is -2.30. The topological polar surface area (TPSA) is 145 Å². The number of ether oxygens (including phenoxy) is 1. The van der Waals surface area contributed by atoms with E-state index in [9.17, 15) is 14.9 Å². The molecule has 0 aliphatic carbocycles. The molecule has 4 rings (SSSR count). The van der Waals surface area contributed by atoms with E-state index in [1.165, 1.54) is 16.6 Å². The third-order valence-electron chi connectivity index (χ3n) is 5.49. The lowest BCUT2D eigenvalue weighted by atomic mass is 9.82. The van der Waals surface area contributed by atoms with Crippen molar-refractivity contribution in [3.63, 3.8) is 0 Å². The molecular formula is C20H21FN5O5P. The zero-order chi connectivity index (χ0) is 22.9. The Labute approximate surface area is 183 Å². The van der Waals surface area contributed by atoms with Crippen LogP contribution in [0.4, 0.5) is 10.2 Å². The van der Waals surface area contributed by atoms with Gasteiger partial charge in [0.15, 0.2) is 11.5 Å². The van der Waals surface area contributed by atoms with Crippen LogP contribution in [0.1, 0.15) is 18.2 Å². The van der Waals surface area contributed by atoms with Crippen LogP contribution in [0.3, 0.4) is 0 Å². The quantitative estimate of drug-likeness (QED) is 0.506. The summed E-state index contributed by atoms with van der Waals surface area (Å²) in [4.78, 5) is 3.86. The van der Waals surface area contributed by atoms with Crippen LogP contribution in [0.15, 0.2) is 48.8 Å². The van der Waals surface area contributed by atoms with E-state index in [0.717, 1.165) is 18.8 Å². The van der Waals surface area contributed by atoms with Gasteiger partial charge in [-0.25, -0.2) is 13.9 Å². The first kappa shape index (κ1) is 22.3. The molecule has 1 fully saturated rings. The normalized spacial score (nSPS) is 28.6. The number of benzene rings is 1. The minimum absolute atomic E-state index is 0.0311. The number of hydrogen-bond donors (Lipinski definition) is 2. The van der Waals surface area contributed by atoms with Crippen molar-refractivity contribution in [1.29, 1.82) is 5.26 Å². The molecular weight excluding hydrogens is 440 g/mol. The van der Waals surface area contributed by atoms with Crippen molar-refractivity contribution in [2.75, 3.05) is 12.3 Å². The number of halogens is 1. The lowest BCUT2D eigenvalue weighted by molar-refractivity contribution is -0.0699. The summed E-state index contributed by atoms with van der Waals surface area (Å²) in [5.74, 6) is 0.132. The third-order valence-corrected chi connectivity index (χ3v) is 6.27. The van der Waals surface area contributed by atoms with E-state index >= 15 is 4.39 Å². The van der Waals surface area contributed by atoms with Gasteiger partial charge in [0, 0.05) is 0 Å². The Balaban J connectivity index is 1.52. The van der Waals surface area contributed by atoms with Gasteiger partial charge in [-0.2, -0.15) is 10.4 Å². The predicted molar refractivity (Wildman–Crippen MR) is 111 cm³/mol. The molecule has 2 aromatic heterocycles. The Morgan fingerprint density at radius 2 is 2.09 bits per heavy atom. The molecule has 3 aromatic rings. The summed E-state index contributed by atoms with van der Waals surface area (Å²) in [7, 11) is -2.96. The van der Waals surface area contributed by atoms with Crippen LogP contribution >= 0.6 is 8.25 Å². The number of nitrogen functional groups attached to an aromatic ring is 1. The van der Waals surface area contributed by atoms with E-state index in [1.807, 2.05) is 24.3 Å². The van der Waals surface area contributed by atoms with Gasteiger partial charge in [-0.1, -0.05) is 30.3 Å². The first-order valence-electron chi connectivity index (χ1n) is 9.68. The zero-order valence-electron chi connectivity index (χ0n) is 17.0. The number of nitrogens with two attached hydrogens (primary N) is 1. The van der Waals surface area contributed by atoms with Crippen LogP contribution in [0.5, 0.6) is 0 Å². The summed E-state index contributed by atoms with van der Waals surface area (Å²) in [6.07, 6.45) is -1.88. The molecule has 1 aliphatic heterocycles. The fourth-order valence-corrected chi connectivity index (χ4v) is 4.39. The van der Waals surface area contributed by atoms with Crippen LogP contribution in [-0.4, -0.2) is 44.2 Å². The van der Waals surface area contributed by atoms with Gasteiger partial charge in [-0.3, -0.25) is 4.57 Å². The number of hydrogen-bond acceptors (Lipinski definition) is 9. The number of aliphatic hydroxyl groups excluding tert-OH is 1. The monoisotopic (exact) mass is 461 g/mol. The summed E-state index contributed by atoms with van der Waals surface area (Å²) in [5.41, 5.74) is 2.23. The van der Waals surface area contributed by atoms with Crippen molar-refractivity contribution >= 4 is 19.6 Å². The van der Waals surface area contributed by atoms with Gasteiger partial charge >= 0.3 is 8.25 Å². The molecule has 3 heterocycles. The van der Waals surface area contributed by atoms with E-state index in [0.29, 0.717) is 5.52 Å². The van der Waals surface area contributed by atoms with Gasteiger partial charge in [-0.05, 0) is 24.6 Å². The van der Waals surface area contributed by atoms with Crippen molar-refractivity contribution in [3.05, 3.63) is 60.0 Å². The summed E-state index contributed by atoms with van der Waals surface area (Å²) in [6, 6.07) is 13.9. The summed E-state index contributed by atoms with van der Waals surface area (Å²) in [6.45, 7) is 0.670. The number of rotatable bonds is 7. The highest BCUT2D eigenvalue weighted by Crippen LogP contribution is 2.50. The maximum atomic E-state index is 15.8. The number of nitrogens with zero attached hydrogens (tertiary/aromatic N) is 4. The summed E-state index contributed by atoms with van der Waals surface area (Å²) in [5, 5.41) is 24.6. The van der Waals surface area contributed by atoms with Crippen molar-refractivity contribution in [2.45, 2.75) is 37.0 Å². The molecule has 0 radical (unpaired) electrons. The van der Waals surface area contributed by atoms with Crippen LogP contribution < -0.4 is 5.73 Å². The van der Waals surface area contributed by atoms with E-state index in [1.54, 1.807) is 12.1 Å². The fraction of sp³-hybridized carbons (Fsp3) is 0.350. The molecule has 0 amide bonds. The second kappa shape index (κ2) is 8.58. The Hall–Kier alpha value is -2.87. The van der Waals surface area contributed by atoms with E-state index in [2.05, 4.69) is 10.1 Å². The highest BCUT2D eigenvalue weighted by atomic mass is 31.1. The number of fused-ring (bicyclic) bond motifs is 1. The average Bonchev–Trinajstić information content (AvgIpc) is 3.31. The van der Waals surface area contributed by atoms with Gasteiger partial charge in [-0.15, -0.1) is 0 Å². The Bertz CT molecular complexity index is 1180. The van der Waals surface area contributed by atoms with Crippen LogP contribution in [0.2, 0.25) is 0 Å². The fourth-order valence-electron chi connectivity index (χ4n) is 3.72. The summed E-state index contributed by atoms with van der Waals surface area (Å²) < 4.78 is 45.3. The maximum Gasteiger partial charge on any atom is 0.319 e. The Morgan fingerprint density at radius 1 is 1.34 bits per heavy atom. The molecule has 1 unspecified atom stereocenters. The molecule has 0 saturated carbocycles. The molecule has 5 atom stereocenters. The third kappa shape index (κ3) is 3.66. The summed E-state index contributed by atoms with van der Waals surface area (Å²) >= 11 is 0. The molecule has 1 aromatic carbocycles. The minimum Gasteiger partial charge on any atom is -0.387 e. The number of aliphatic hydroxyl groups is 1. The largest absolute Gasteiger partial charge is 0.387 e. The first-order chi connectivity index (χ1) is 15.3. The standard InChI is InChI=1S/C20H21FN5O5P/c1-19(21)17(27)15(10-30-32(28)29-9-13-5-3-2-4-6-13)31-20(19,11-22)16-8-7-14-18(23)24-12-25-26(14)16/h2-8,12,15,17,27,32H,9-10H2,1H3,(H2,23,24,25)/t15-,17-,19-,20+/m1/s1. The van der Waals surface area contributed by atoms with Crippen molar-refractivity contribution in [1.82, 2.24) is 14.6 Å². The molecule has 1 aliphatic rings. The second-order valence-corrected chi connectivity index (χ2v) is 8.54. The van der Waals surface area contributed by atoms with Crippen molar-refractivity contribution < 1.29 is 27.8 Å². The molecule has 10 nitrogen and oxygen atoms in total. The first-order valence-corrected chi connectivity index (χ1v) is 10.9. The second-order valence-electron chi connectivity index (χ2n) is 7.47. The van der Waals surface area contributed by atoms with Gasteiger partial charge in [0.1, 0.15) is 30.1 Å². The average molecular weight is 461 g/mol. The Morgan fingerprint density at radius 3 is 2.81 bits per heavy atom. The van der Waals surface area contributed by atoms with Crippen molar-refractivity contribution in [3.8, 4) is 6.07 Å². The minimum atomic E-state index is -2.96. The van der Waals surface area contributed by atoms with Gasteiger partial charge < -0.3 is 24.6 Å². The SMILES string of the molecule is C[C@@]1(F)[C@H](O)[C@@H](CO[PH](=O)OCc2ccccc2)O[C@@]1(C#N)c1ccc2c(N)ncnn12. The van der Waals surface area contributed by atoms with E-state index in [4.69, 9.17) is 19.5 Å². The van der Waals surface area contributed by atoms with E-state index in [-0.39, 0.29) is 18.1 Å². The number of anilines is 1.